The van der Waals surface area contributed by atoms with Gasteiger partial charge in [-0.15, -0.1) is 0 Å². The lowest BCUT2D eigenvalue weighted by Crippen LogP contribution is -2.36. The molecule has 0 aliphatic carbocycles. The first-order chi connectivity index (χ1) is 13.1. The van der Waals surface area contributed by atoms with Gasteiger partial charge in [0.2, 0.25) is 0 Å². The summed E-state index contributed by atoms with van der Waals surface area (Å²) >= 11 is 0. The highest BCUT2D eigenvalue weighted by Crippen LogP contribution is 2.30. The minimum atomic E-state index is -0.936. The van der Waals surface area contributed by atoms with Crippen LogP contribution in [0.5, 0.6) is 0 Å². The molecule has 8 heteroatoms. The molecule has 0 bridgehead atoms. The Labute approximate surface area is 152 Å². The summed E-state index contributed by atoms with van der Waals surface area (Å²) in [6.07, 6.45) is 0.628. The number of nitrogens with one attached hydrogen (secondary N) is 2. The number of benzene rings is 2. The fourth-order valence-electron chi connectivity index (χ4n) is 3.66. The van der Waals surface area contributed by atoms with E-state index in [1.807, 2.05) is 23.1 Å². The molecule has 5 rings (SSSR count). The maximum atomic E-state index is 13.7. The Bertz CT molecular complexity index is 1150. The van der Waals surface area contributed by atoms with Crippen LogP contribution in [0.3, 0.4) is 0 Å². The summed E-state index contributed by atoms with van der Waals surface area (Å²) in [5.74, 6) is -1.41. The van der Waals surface area contributed by atoms with Crippen LogP contribution in [-0.2, 0) is 0 Å². The zero-order chi connectivity index (χ0) is 18.5. The molecule has 1 saturated heterocycles. The number of hydrogen-bond acceptors (Lipinski definition) is 3. The van der Waals surface area contributed by atoms with Gasteiger partial charge in [-0.2, -0.15) is 5.10 Å². The third-order valence-electron chi connectivity index (χ3n) is 5.02. The highest BCUT2D eigenvalue weighted by Gasteiger charge is 2.20. The molecule has 2 aromatic carbocycles. The van der Waals surface area contributed by atoms with Gasteiger partial charge in [-0.1, -0.05) is 0 Å². The van der Waals surface area contributed by atoms with Gasteiger partial charge in [-0.3, -0.25) is 5.10 Å². The summed E-state index contributed by atoms with van der Waals surface area (Å²) in [6.45, 7) is 1.21. The van der Waals surface area contributed by atoms with Crippen LogP contribution in [0.25, 0.3) is 33.5 Å². The van der Waals surface area contributed by atoms with E-state index in [2.05, 4.69) is 20.2 Å². The SMILES string of the molecule is Fc1cc2[nH]nc(-c3nc4ccc(N5CCCC(F)C5)cc4[nH]3)c2cc1F. The minimum absolute atomic E-state index is 0.390. The van der Waals surface area contributed by atoms with E-state index in [-0.39, 0.29) is 0 Å². The highest BCUT2D eigenvalue weighted by molar-refractivity contribution is 5.93. The van der Waals surface area contributed by atoms with Crippen molar-refractivity contribution in [1.82, 2.24) is 20.2 Å². The van der Waals surface area contributed by atoms with Crippen LogP contribution < -0.4 is 4.90 Å². The average Bonchev–Trinajstić information content (AvgIpc) is 3.25. The summed E-state index contributed by atoms with van der Waals surface area (Å²) in [5, 5.41) is 7.30. The van der Waals surface area contributed by atoms with Gasteiger partial charge in [0, 0.05) is 30.2 Å². The lowest BCUT2D eigenvalue weighted by Gasteiger charge is -2.30. The topological polar surface area (TPSA) is 60.6 Å². The first-order valence-corrected chi connectivity index (χ1v) is 8.81. The maximum Gasteiger partial charge on any atom is 0.160 e. The number of piperidine rings is 1. The lowest BCUT2D eigenvalue weighted by molar-refractivity contribution is 0.287. The lowest BCUT2D eigenvalue weighted by atomic mass is 10.1. The van der Waals surface area contributed by atoms with Gasteiger partial charge in [-0.05, 0) is 37.1 Å². The first kappa shape index (κ1) is 16.2. The first-order valence-electron chi connectivity index (χ1n) is 8.81. The van der Waals surface area contributed by atoms with Crippen molar-refractivity contribution >= 4 is 27.6 Å². The number of rotatable bonds is 2. The van der Waals surface area contributed by atoms with E-state index in [9.17, 15) is 13.2 Å². The molecule has 5 nitrogen and oxygen atoms in total. The zero-order valence-electron chi connectivity index (χ0n) is 14.3. The zero-order valence-corrected chi connectivity index (χ0v) is 14.3. The summed E-state index contributed by atoms with van der Waals surface area (Å²) in [6, 6.07) is 7.90. The number of halogens is 3. The number of imidazole rings is 1. The van der Waals surface area contributed by atoms with Gasteiger partial charge in [0.25, 0.3) is 0 Å². The van der Waals surface area contributed by atoms with Gasteiger partial charge in [0.15, 0.2) is 17.5 Å². The second-order valence-electron chi connectivity index (χ2n) is 6.86. The predicted octanol–water partition coefficient (Wildman–Crippen LogP) is 4.32. The van der Waals surface area contributed by atoms with Crippen molar-refractivity contribution in [2.45, 2.75) is 19.0 Å². The molecule has 138 valence electrons. The Morgan fingerprint density at radius 1 is 1.07 bits per heavy atom. The van der Waals surface area contributed by atoms with Crippen LogP contribution >= 0.6 is 0 Å². The molecule has 2 N–H and O–H groups in total. The second-order valence-corrected chi connectivity index (χ2v) is 6.86. The largest absolute Gasteiger partial charge is 0.369 e. The summed E-state index contributed by atoms with van der Waals surface area (Å²) in [4.78, 5) is 9.72. The van der Waals surface area contributed by atoms with Gasteiger partial charge < -0.3 is 9.88 Å². The molecule has 0 spiro atoms. The molecular formula is C19H16F3N5. The molecule has 0 saturated carbocycles. The van der Waals surface area contributed by atoms with Gasteiger partial charge in [0.05, 0.1) is 16.6 Å². The van der Waals surface area contributed by atoms with E-state index < -0.39 is 17.8 Å². The Morgan fingerprint density at radius 2 is 1.93 bits per heavy atom. The standard InChI is InChI=1S/C19H16F3N5/c20-10-2-1-5-27(9-10)11-3-4-15-17(6-11)24-19(23-15)18-12-7-13(21)14(22)8-16(12)25-26-18/h3-4,6-8,10H,1-2,5,9H2,(H,23,24)(H,25,26). The van der Waals surface area contributed by atoms with E-state index in [1.54, 1.807) is 0 Å². The highest BCUT2D eigenvalue weighted by atomic mass is 19.2. The van der Waals surface area contributed by atoms with Crippen molar-refractivity contribution in [3.63, 3.8) is 0 Å². The van der Waals surface area contributed by atoms with Crippen molar-refractivity contribution in [2.24, 2.45) is 0 Å². The summed E-state index contributed by atoms with van der Waals surface area (Å²) in [7, 11) is 0. The third kappa shape index (κ3) is 2.72. The molecule has 0 amide bonds. The minimum Gasteiger partial charge on any atom is -0.369 e. The Kier molecular flexibility index (Phi) is 3.60. The molecule has 3 heterocycles. The van der Waals surface area contributed by atoms with Crippen LogP contribution in [0, 0.1) is 11.6 Å². The Morgan fingerprint density at radius 3 is 2.78 bits per heavy atom. The molecule has 1 fully saturated rings. The number of H-pyrrole nitrogens is 2. The van der Waals surface area contributed by atoms with Gasteiger partial charge >= 0.3 is 0 Å². The van der Waals surface area contributed by atoms with E-state index in [4.69, 9.17) is 0 Å². The van der Waals surface area contributed by atoms with E-state index in [0.29, 0.717) is 35.4 Å². The van der Waals surface area contributed by atoms with Gasteiger partial charge in [0.1, 0.15) is 11.9 Å². The molecule has 2 aromatic heterocycles. The molecule has 4 aromatic rings. The smallest absolute Gasteiger partial charge is 0.160 e. The number of hydrogen-bond donors (Lipinski definition) is 2. The number of fused-ring (bicyclic) bond motifs is 2. The van der Waals surface area contributed by atoms with Crippen LogP contribution in [0.15, 0.2) is 30.3 Å². The molecule has 1 unspecified atom stereocenters. The van der Waals surface area contributed by atoms with Gasteiger partial charge in [-0.25, -0.2) is 18.2 Å². The van der Waals surface area contributed by atoms with Crippen molar-refractivity contribution < 1.29 is 13.2 Å². The van der Waals surface area contributed by atoms with E-state index >= 15 is 0 Å². The molecule has 0 radical (unpaired) electrons. The molecular weight excluding hydrogens is 355 g/mol. The quantitative estimate of drug-likeness (QED) is 0.552. The van der Waals surface area contributed by atoms with E-state index in [1.165, 1.54) is 0 Å². The maximum absolute atomic E-state index is 13.7. The number of nitrogens with zero attached hydrogens (tertiary/aromatic N) is 3. The molecule has 1 aliphatic rings. The molecule has 1 atom stereocenters. The number of anilines is 1. The van der Waals surface area contributed by atoms with Crippen molar-refractivity contribution in [3.05, 3.63) is 42.0 Å². The monoisotopic (exact) mass is 371 g/mol. The summed E-state index contributed by atoms with van der Waals surface area (Å²) in [5.41, 5.74) is 3.25. The van der Waals surface area contributed by atoms with Crippen molar-refractivity contribution in [2.75, 3.05) is 18.0 Å². The molecule has 27 heavy (non-hydrogen) atoms. The predicted molar refractivity (Wildman–Crippen MR) is 97.4 cm³/mol. The fraction of sp³-hybridized carbons (Fsp3) is 0.263. The second kappa shape index (κ2) is 6.00. The Hall–Kier alpha value is -3.03. The van der Waals surface area contributed by atoms with Crippen molar-refractivity contribution in [1.29, 1.82) is 0 Å². The van der Waals surface area contributed by atoms with Crippen LogP contribution in [0.1, 0.15) is 12.8 Å². The summed E-state index contributed by atoms with van der Waals surface area (Å²) < 4.78 is 40.7. The third-order valence-corrected chi connectivity index (χ3v) is 5.02. The van der Waals surface area contributed by atoms with Crippen molar-refractivity contribution in [3.8, 4) is 11.5 Å². The number of alkyl halides is 1. The van der Waals surface area contributed by atoms with Crippen LogP contribution in [0.4, 0.5) is 18.9 Å². The molecule has 1 aliphatic heterocycles. The number of aromatic nitrogens is 4. The number of aromatic amines is 2. The normalized spacial score (nSPS) is 17.9. The van der Waals surface area contributed by atoms with E-state index in [0.717, 1.165) is 41.8 Å². The average molecular weight is 371 g/mol. The fourth-order valence-corrected chi connectivity index (χ4v) is 3.66. The van der Waals surface area contributed by atoms with Crippen LogP contribution in [-0.4, -0.2) is 39.4 Å². The Balaban J connectivity index is 1.56. The van der Waals surface area contributed by atoms with Crippen LogP contribution in [0.2, 0.25) is 0 Å².